The molecule has 3 rings (SSSR count). The molecule has 7 nitrogen and oxygen atoms in total. The molecule has 1 N–H and O–H groups in total. The highest BCUT2D eigenvalue weighted by molar-refractivity contribution is 5.85. The molecule has 118 valence electrons. The fraction of sp³-hybridized carbons (Fsp3) is 0.769. The SMILES string of the molecule is C[C@H]1OCCN[C@@H]1C(=O)N1CCCC(n2cncn2)C1.Cl. The van der Waals surface area contributed by atoms with Crippen LogP contribution >= 0.6 is 12.4 Å². The molecule has 0 bridgehead atoms. The van der Waals surface area contributed by atoms with Crippen LogP contribution in [0.2, 0.25) is 0 Å². The van der Waals surface area contributed by atoms with E-state index in [1.807, 2.05) is 16.5 Å². The van der Waals surface area contributed by atoms with Crippen molar-refractivity contribution in [1.29, 1.82) is 0 Å². The van der Waals surface area contributed by atoms with E-state index in [-0.39, 0.29) is 36.5 Å². The molecule has 3 atom stereocenters. The van der Waals surface area contributed by atoms with E-state index in [9.17, 15) is 4.79 Å². The third kappa shape index (κ3) is 3.53. The van der Waals surface area contributed by atoms with Gasteiger partial charge >= 0.3 is 0 Å². The van der Waals surface area contributed by atoms with Crippen molar-refractivity contribution >= 4 is 18.3 Å². The molecule has 1 unspecified atom stereocenters. The number of likely N-dealkylation sites (tertiary alicyclic amines) is 1. The third-order valence-electron chi connectivity index (χ3n) is 4.10. The second-order valence-electron chi connectivity index (χ2n) is 5.46. The van der Waals surface area contributed by atoms with Gasteiger partial charge in [0.2, 0.25) is 5.91 Å². The van der Waals surface area contributed by atoms with Crippen LogP contribution in [-0.2, 0) is 9.53 Å². The van der Waals surface area contributed by atoms with Gasteiger partial charge in [0, 0.05) is 19.6 Å². The minimum atomic E-state index is -0.224. The van der Waals surface area contributed by atoms with E-state index in [0.717, 1.165) is 25.9 Å². The van der Waals surface area contributed by atoms with Crippen molar-refractivity contribution in [2.45, 2.75) is 38.0 Å². The van der Waals surface area contributed by atoms with Crippen molar-refractivity contribution in [3.05, 3.63) is 12.7 Å². The van der Waals surface area contributed by atoms with E-state index >= 15 is 0 Å². The van der Waals surface area contributed by atoms with Gasteiger partial charge in [-0.15, -0.1) is 12.4 Å². The lowest BCUT2D eigenvalue weighted by Crippen LogP contribution is -2.57. The molecule has 3 heterocycles. The number of nitrogens with zero attached hydrogens (tertiary/aromatic N) is 4. The molecular formula is C13H22ClN5O2. The van der Waals surface area contributed by atoms with E-state index in [4.69, 9.17) is 4.74 Å². The van der Waals surface area contributed by atoms with Crippen LogP contribution in [0.5, 0.6) is 0 Å². The van der Waals surface area contributed by atoms with Gasteiger partial charge in [0.25, 0.3) is 0 Å². The van der Waals surface area contributed by atoms with Gasteiger partial charge in [0.1, 0.15) is 18.7 Å². The molecule has 21 heavy (non-hydrogen) atoms. The van der Waals surface area contributed by atoms with Crippen LogP contribution in [0, 0.1) is 0 Å². The maximum Gasteiger partial charge on any atom is 0.242 e. The van der Waals surface area contributed by atoms with Gasteiger partial charge in [-0.05, 0) is 19.8 Å². The Morgan fingerprint density at radius 1 is 1.48 bits per heavy atom. The number of carbonyl (C=O) groups excluding carboxylic acids is 1. The van der Waals surface area contributed by atoms with Gasteiger partial charge in [-0.3, -0.25) is 4.79 Å². The topological polar surface area (TPSA) is 72.3 Å². The maximum atomic E-state index is 12.6. The number of nitrogens with one attached hydrogen (secondary N) is 1. The van der Waals surface area contributed by atoms with Gasteiger partial charge in [-0.2, -0.15) is 5.10 Å². The van der Waals surface area contributed by atoms with Gasteiger partial charge in [0.05, 0.1) is 18.8 Å². The number of aromatic nitrogens is 3. The second-order valence-corrected chi connectivity index (χ2v) is 5.46. The zero-order chi connectivity index (χ0) is 13.9. The van der Waals surface area contributed by atoms with E-state index in [1.165, 1.54) is 0 Å². The van der Waals surface area contributed by atoms with Crippen LogP contribution in [0.1, 0.15) is 25.8 Å². The number of morpholine rings is 1. The smallest absolute Gasteiger partial charge is 0.242 e. The van der Waals surface area contributed by atoms with Gasteiger partial charge < -0.3 is 15.0 Å². The molecule has 2 aliphatic heterocycles. The quantitative estimate of drug-likeness (QED) is 0.846. The van der Waals surface area contributed by atoms with E-state index in [2.05, 4.69) is 15.4 Å². The summed E-state index contributed by atoms with van der Waals surface area (Å²) in [5.41, 5.74) is 0. The highest BCUT2D eigenvalue weighted by Crippen LogP contribution is 2.21. The van der Waals surface area contributed by atoms with Crippen molar-refractivity contribution in [1.82, 2.24) is 25.0 Å². The molecule has 0 aromatic carbocycles. The number of piperidine rings is 1. The normalized spacial score (nSPS) is 29.8. The van der Waals surface area contributed by atoms with E-state index < -0.39 is 0 Å². The predicted octanol–water partition coefficient (Wildman–Crippen LogP) is 0.240. The number of amides is 1. The first-order chi connectivity index (χ1) is 9.75. The summed E-state index contributed by atoms with van der Waals surface area (Å²) in [6.45, 7) is 4.88. The first-order valence-corrected chi connectivity index (χ1v) is 7.23. The summed E-state index contributed by atoms with van der Waals surface area (Å²) in [5.74, 6) is 0.141. The summed E-state index contributed by atoms with van der Waals surface area (Å²) in [7, 11) is 0. The largest absolute Gasteiger partial charge is 0.375 e. The number of halogens is 1. The summed E-state index contributed by atoms with van der Waals surface area (Å²) in [6, 6.07) is 0.00765. The molecule has 2 aliphatic rings. The summed E-state index contributed by atoms with van der Waals surface area (Å²) >= 11 is 0. The number of rotatable bonds is 2. The van der Waals surface area contributed by atoms with E-state index in [1.54, 1.807) is 12.7 Å². The Labute approximate surface area is 130 Å². The van der Waals surface area contributed by atoms with Crippen molar-refractivity contribution in [3.8, 4) is 0 Å². The molecule has 2 saturated heterocycles. The molecule has 2 fully saturated rings. The molecule has 8 heteroatoms. The first kappa shape index (κ1) is 16.2. The van der Waals surface area contributed by atoms with Crippen molar-refractivity contribution in [2.75, 3.05) is 26.2 Å². The zero-order valence-corrected chi connectivity index (χ0v) is 13.0. The minimum absolute atomic E-state index is 0. The Kier molecular flexibility index (Phi) is 5.55. The fourth-order valence-electron chi connectivity index (χ4n) is 2.98. The van der Waals surface area contributed by atoms with Crippen LogP contribution in [0.4, 0.5) is 0 Å². The Hall–Kier alpha value is -1.18. The zero-order valence-electron chi connectivity index (χ0n) is 12.1. The van der Waals surface area contributed by atoms with Crippen LogP contribution in [0.25, 0.3) is 0 Å². The van der Waals surface area contributed by atoms with Gasteiger partial charge in [-0.1, -0.05) is 0 Å². The summed E-state index contributed by atoms with van der Waals surface area (Å²) in [6.07, 6.45) is 5.24. The Balaban J connectivity index is 0.00000161. The first-order valence-electron chi connectivity index (χ1n) is 7.23. The summed E-state index contributed by atoms with van der Waals surface area (Å²) in [5, 5.41) is 7.45. The molecule has 1 amide bonds. The lowest BCUT2D eigenvalue weighted by atomic mass is 10.0. The second kappa shape index (κ2) is 7.20. The molecule has 1 aromatic rings. The standard InChI is InChI=1S/C13H21N5O2.ClH/c1-10-12(15-4-6-20-10)13(19)17-5-2-3-11(7-17)18-9-14-8-16-18;/h8-12,15H,2-7H2,1H3;1H/t10-,11?,12+;/m1./s1. The van der Waals surface area contributed by atoms with Gasteiger partial charge in [-0.25, -0.2) is 9.67 Å². The molecular weight excluding hydrogens is 294 g/mol. The lowest BCUT2D eigenvalue weighted by molar-refractivity contribution is -0.141. The molecule has 1 aromatic heterocycles. The molecule has 0 radical (unpaired) electrons. The fourth-order valence-corrected chi connectivity index (χ4v) is 2.98. The van der Waals surface area contributed by atoms with Crippen LogP contribution in [-0.4, -0.2) is 64.0 Å². The van der Waals surface area contributed by atoms with E-state index in [0.29, 0.717) is 13.2 Å². The van der Waals surface area contributed by atoms with Crippen LogP contribution in [0.15, 0.2) is 12.7 Å². The highest BCUT2D eigenvalue weighted by Gasteiger charge is 2.34. The Morgan fingerprint density at radius 3 is 3.05 bits per heavy atom. The van der Waals surface area contributed by atoms with Crippen LogP contribution < -0.4 is 5.32 Å². The lowest BCUT2D eigenvalue weighted by Gasteiger charge is -2.37. The summed E-state index contributed by atoms with van der Waals surface area (Å²) < 4.78 is 7.42. The minimum Gasteiger partial charge on any atom is -0.375 e. The molecule has 0 spiro atoms. The Morgan fingerprint density at radius 2 is 2.33 bits per heavy atom. The average Bonchev–Trinajstić information content (AvgIpc) is 3.01. The average molecular weight is 316 g/mol. The third-order valence-corrected chi connectivity index (χ3v) is 4.10. The van der Waals surface area contributed by atoms with Crippen LogP contribution in [0.3, 0.4) is 0 Å². The predicted molar refractivity (Wildman–Crippen MR) is 79.3 cm³/mol. The number of hydrogen-bond donors (Lipinski definition) is 1. The summed E-state index contributed by atoms with van der Waals surface area (Å²) in [4.78, 5) is 18.5. The number of ether oxygens (including phenoxy) is 1. The molecule has 0 aliphatic carbocycles. The number of carbonyl (C=O) groups is 1. The monoisotopic (exact) mass is 315 g/mol. The van der Waals surface area contributed by atoms with Crippen molar-refractivity contribution in [2.24, 2.45) is 0 Å². The van der Waals surface area contributed by atoms with Crippen molar-refractivity contribution < 1.29 is 9.53 Å². The number of hydrogen-bond acceptors (Lipinski definition) is 5. The van der Waals surface area contributed by atoms with Gasteiger partial charge in [0.15, 0.2) is 0 Å². The maximum absolute atomic E-state index is 12.6. The Bertz CT molecular complexity index is 455. The van der Waals surface area contributed by atoms with Crippen molar-refractivity contribution in [3.63, 3.8) is 0 Å². The molecule has 0 saturated carbocycles. The highest BCUT2D eigenvalue weighted by atomic mass is 35.5.